The van der Waals surface area contributed by atoms with Crippen LogP contribution in [0.3, 0.4) is 0 Å². The third kappa shape index (κ3) is 66.8. The topological polar surface area (TPSA) is 78.9 Å². The third-order valence-electron chi connectivity index (χ3n) is 14.7. The van der Waals surface area contributed by atoms with Crippen LogP contribution in [0.4, 0.5) is 0 Å². The Balaban J connectivity index is 4.34. The Bertz CT molecular complexity index is 1620. The molecular formula is C75H128O6. The molecule has 0 aromatic heterocycles. The van der Waals surface area contributed by atoms with Gasteiger partial charge in [0.1, 0.15) is 13.2 Å². The molecule has 0 aliphatic heterocycles. The van der Waals surface area contributed by atoms with Crippen LogP contribution in [0.15, 0.2) is 109 Å². The molecule has 464 valence electrons. The second-order valence-electron chi connectivity index (χ2n) is 22.7. The third-order valence-corrected chi connectivity index (χ3v) is 14.7. The first-order chi connectivity index (χ1) is 40.0. The lowest BCUT2D eigenvalue weighted by molar-refractivity contribution is -0.167. The Morgan fingerprint density at radius 2 is 0.481 bits per heavy atom. The molecule has 0 radical (unpaired) electrons. The maximum Gasteiger partial charge on any atom is 0.306 e. The highest BCUT2D eigenvalue weighted by Crippen LogP contribution is 2.17. The van der Waals surface area contributed by atoms with E-state index in [0.717, 1.165) is 128 Å². The molecule has 0 aliphatic rings. The van der Waals surface area contributed by atoms with Crippen LogP contribution < -0.4 is 0 Å². The molecule has 0 fully saturated rings. The maximum atomic E-state index is 12.9. The summed E-state index contributed by atoms with van der Waals surface area (Å²) in [6.07, 6.45) is 93.9. The van der Waals surface area contributed by atoms with E-state index in [1.54, 1.807) is 0 Å². The zero-order valence-electron chi connectivity index (χ0n) is 53.3. The predicted octanol–water partition coefficient (Wildman–Crippen LogP) is 23.8. The lowest BCUT2D eigenvalue weighted by Crippen LogP contribution is -2.30. The van der Waals surface area contributed by atoms with Crippen molar-refractivity contribution in [1.29, 1.82) is 0 Å². The quantitative estimate of drug-likeness (QED) is 0.0261. The minimum absolute atomic E-state index is 0.0868. The summed E-state index contributed by atoms with van der Waals surface area (Å²) in [5.74, 6) is -0.899. The van der Waals surface area contributed by atoms with Gasteiger partial charge in [0.05, 0.1) is 0 Å². The number of esters is 3. The fourth-order valence-corrected chi connectivity index (χ4v) is 9.66. The summed E-state index contributed by atoms with van der Waals surface area (Å²) in [6, 6.07) is 0. The van der Waals surface area contributed by atoms with Crippen LogP contribution in [0, 0.1) is 0 Å². The van der Waals surface area contributed by atoms with E-state index < -0.39 is 6.10 Å². The van der Waals surface area contributed by atoms with Gasteiger partial charge in [0.25, 0.3) is 0 Å². The summed E-state index contributed by atoms with van der Waals surface area (Å²) in [4.78, 5) is 38.4. The van der Waals surface area contributed by atoms with Gasteiger partial charge in [-0.05, 0) is 122 Å². The fraction of sp³-hybridized carbons (Fsp3) is 0.720. The number of hydrogen-bond acceptors (Lipinski definition) is 6. The Labute approximate surface area is 501 Å². The van der Waals surface area contributed by atoms with Crippen molar-refractivity contribution in [3.63, 3.8) is 0 Å². The molecule has 0 spiro atoms. The number of rotatable bonds is 62. The van der Waals surface area contributed by atoms with E-state index in [1.165, 1.54) is 161 Å². The predicted molar refractivity (Wildman–Crippen MR) is 353 cm³/mol. The molecular weight excluding hydrogens is 997 g/mol. The van der Waals surface area contributed by atoms with Gasteiger partial charge in [-0.2, -0.15) is 0 Å². The van der Waals surface area contributed by atoms with E-state index in [4.69, 9.17) is 14.2 Å². The van der Waals surface area contributed by atoms with E-state index in [0.29, 0.717) is 19.3 Å². The number of unbranched alkanes of at least 4 members (excludes halogenated alkanes) is 33. The number of ether oxygens (including phenoxy) is 3. The molecule has 0 amide bonds. The van der Waals surface area contributed by atoms with Gasteiger partial charge in [0, 0.05) is 19.3 Å². The van der Waals surface area contributed by atoms with Crippen LogP contribution in [0.5, 0.6) is 0 Å². The normalized spacial score (nSPS) is 12.8. The molecule has 0 heterocycles. The molecule has 81 heavy (non-hydrogen) atoms. The van der Waals surface area contributed by atoms with Crippen LogP contribution in [0.1, 0.15) is 329 Å². The van der Waals surface area contributed by atoms with Gasteiger partial charge in [-0.15, -0.1) is 0 Å². The Hall–Kier alpha value is -3.93. The van der Waals surface area contributed by atoms with Crippen LogP contribution in [-0.2, 0) is 28.6 Å². The Kier molecular flexibility index (Phi) is 65.2. The van der Waals surface area contributed by atoms with Gasteiger partial charge >= 0.3 is 17.9 Å². The van der Waals surface area contributed by atoms with Crippen molar-refractivity contribution < 1.29 is 28.6 Å². The summed E-state index contributed by atoms with van der Waals surface area (Å²) >= 11 is 0. The maximum absolute atomic E-state index is 12.9. The number of allylic oxidation sites excluding steroid dienone is 18. The first-order valence-electron chi connectivity index (χ1n) is 34.4. The lowest BCUT2D eigenvalue weighted by atomic mass is 10.0. The molecule has 1 atom stereocenters. The smallest absolute Gasteiger partial charge is 0.306 e. The summed E-state index contributed by atoms with van der Waals surface area (Å²) in [5.41, 5.74) is 0. The zero-order valence-corrected chi connectivity index (χ0v) is 53.3. The standard InChI is InChI=1S/C75H128O6/c1-4-7-10-13-16-19-22-25-28-31-33-34-35-36-37-38-39-40-42-44-47-50-53-56-59-62-65-68-74(77)80-71-72(70-79-73(76)67-64-61-58-55-52-49-46-43-30-27-24-21-18-15-12-9-6-3)81-75(78)69-66-63-60-57-54-51-48-45-41-32-29-26-23-20-17-14-11-8-5-2/h8-9,11-12,17-18,20-22,25-27,29-31,33,41,45,72H,4-7,10,13-16,19,23-24,28,32,34-40,42-44,46-71H2,1-3H3/b11-8-,12-9-,20-17-,21-18-,25-22-,29-26-,30-27-,33-31-,45-41-. The van der Waals surface area contributed by atoms with Crippen molar-refractivity contribution in [2.75, 3.05) is 13.2 Å². The Morgan fingerprint density at radius 1 is 0.259 bits per heavy atom. The van der Waals surface area contributed by atoms with Crippen LogP contribution >= 0.6 is 0 Å². The monoisotopic (exact) mass is 1120 g/mol. The summed E-state index contributed by atoms with van der Waals surface area (Å²) in [5, 5.41) is 0. The van der Waals surface area contributed by atoms with Crippen molar-refractivity contribution in [2.24, 2.45) is 0 Å². The molecule has 1 unspecified atom stereocenters. The van der Waals surface area contributed by atoms with Crippen LogP contribution in [0.25, 0.3) is 0 Å². The molecule has 0 rings (SSSR count). The number of hydrogen-bond donors (Lipinski definition) is 0. The average molecular weight is 1130 g/mol. The summed E-state index contributed by atoms with van der Waals surface area (Å²) in [6.45, 7) is 6.42. The van der Waals surface area contributed by atoms with Gasteiger partial charge < -0.3 is 14.2 Å². The minimum atomic E-state index is -0.793. The second kappa shape index (κ2) is 68.6. The van der Waals surface area contributed by atoms with Crippen molar-refractivity contribution in [1.82, 2.24) is 0 Å². The first-order valence-corrected chi connectivity index (χ1v) is 34.4. The molecule has 0 aliphatic carbocycles. The molecule has 0 saturated carbocycles. The lowest BCUT2D eigenvalue weighted by Gasteiger charge is -2.18. The van der Waals surface area contributed by atoms with Crippen molar-refractivity contribution >= 4 is 17.9 Å². The average Bonchev–Trinajstić information content (AvgIpc) is 3.47. The van der Waals surface area contributed by atoms with Crippen molar-refractivity contribution in [3.05, 3.63) is 109 Å². The van der Waals surface area contributed by atoms with E-state index in [2.05, 4.69) is 130 Å². The molecule has 6 nitrogen and oxygen atoms in total. The SMILES string of the molecule is CC/C=C\C/C=C\C/C=C\C/C=C\CCCCCCCCC(=O)OC(COC(=O)CCCCCCCCC/C=C\C/C=C\C/C=C\CC)COC(=O)CCCCCCCCCCCCCCCCC/C=C\C/C=C\CCCCCCC. The zero-order chi connectivity index (χ0) is 58.5. The highest BCUT2D eigenvalue weighted by molar-refractivity contribution is 5.71. The number of carbonyl (C=O) groups excluding carboxylic acids is 3. The summed E-state index contributed by atoms with van der Waals surface area (Å²) in [7, 11) is 0. The summed E-state index contributed by atoms with van der Waals surface area (Å²) < 4.78 is 17.0. The fourth-order valence-electron chi connectivity index (χ4n) is 9.66. The Morgan fingerprint density at radius 3 is 0.753 bits per heavy atom. The van der Waals surface area contributed by atoms with Gasteiger partial charge in [-0.25, -0.2) is 0 Å². The second-order valence-corrected chi connectivity index (χ2v) is 22.7. The molecule has 0 bridgehead atoms. The largest absolute Gasteiger partial charge is 0.462 e. The molecule has 0 aromatic rings. The van der Waals surface area contributed by atoms with Gasteiger partial charge in [-0.1, -0.05) is 297 Å². The van der Waals surface area contributed by atoms with E-state index in [9.17, 15) is 14.4 Å². The first kappa shape index (κ1) is 77.1. The molecule has 0 saturated heterocycles. The van der Waals surface area contributed by atoms with E-state index in [-0.39, 0.29) is 31.1 Å². The highest BCUT2D eigenvalue weighted by atomic mass is 16.6. The van der Waals surface area contributed by atoms with Crippen LogP contribution in [-0.4, -0.2) is 37.2 Å². The van der Waals surface area contributed by atoms with Crippen LogP contribution in [0.2, 0.25) is 0 Å². The van der Waals surface area contributed by atoms with E-state index >= 15 is 0 Å². The van der Waals surface area contributed by atoms with Gasteiger partial charge in [0.15, 0.2) is 6.10 Å². The molecule has 0 N–H and O–H groups in total. The van der Waals surface area contributed by atoms with Gasteiger partial charge in [-0.3, -0.25) is 14.4 Å². The van der Waals surface area contributed by atoms with Crippen molar-refractivity contribution in [3.8, 4) is 0 Å². The highest BCUT2D eigenvalue weighted by Gasteiger charge is 2.19. The number of carbonyl (C=O) groups is 3. The molecule has 0 aromatic carbocycles. The van der Waals surface area contributed by atoms with Crippen molar-refractivity contribution in [2.45, 2.75) is 335 Å². The van der Waals surface area contributed by atoms with E-state index in [1.807, 2.05) is 0 Å². The minimum Gasteiger partial charge on any atom is -0.462 e. The van der Waals surface area contributed by atoms with Gasteiger partial charge in [0.2, 0.25) is 0 Å². The molecule has 6 heteroatoms.